The third-order valence-electron chi connectivity index (χ3n) is 5.31. The van der Waals surface area contributed by atoms with Crippen molar-refractivity contribution < 1.29 is 19.1 Å². The van der Waals surface area contributed by atoms with Gasteiger partial charge in [-0.25, -0.2) is 14.6 Å². The maximum atomic E-state index is 12.6. The Balaban J connectivity index is 1.62. The third-order valence-corrected chi connectivity index (χ3v) is 6.15. The normalized spacial score (nSPS) is 11.6. The van der Waals surface area contributed by atoms with Crippen LogP contribution in [0.15, 0.2) is 47.8 Å². The molecule has 3 N–H and O–H groups in total. The molecule has 1 unspecified atom stereocenters. The van der Waals surface area contributed by atoms with Gasteiger partial charge in [0.1, 0.15) is 6.04 Å². The molecule has 0 saturated carbocycles. The van der Waals surface area contributed by atoms with Crippen molar-refractivity contribution in [3.05, 3.63) is 64.0 Å². The maximum Gasteiger partial charge on any atom is 0.328 e. The highest BCUT2D eigenvalue weighted by Gasteiger charge is 2.26. The van der Waals surface area contributed by atoms with Gasteiger partial charge in [-0.05, 0) is 55.2 Å². The third kappa shape index (κ3) is 6.20. The van der Waals surface area contributed by atoms with Crippen LogP contribution in [0.5, 0.6) is 0 Å². The minimum Gasteiger partial charge on any atom is -0.467 e. The first kappa shape index (κ1) is 24.9. The van der Waals surface area contributed by atoms with E-state index in [9.17, 15) is 14.4 Å². The summed E-state index contributed by atoms with van der Waals surface area (Å²) in [7, 11) is 1.29. The number of benzene rings is 2. The Morgan fingerprint density at radius 2 is 1.59 bits per heavy atom. The Kier molecular flexibility index (Phi) is 8.01. The van der Waals surface area contributed by atoms with Crippen molar-refractivity contribution in [2.45, 2.75) is 33.7 Å². The van der Waals surface area contributed by atoms with E-state index in [4.69, 9.17) is 4.74 Å². The summed E-state index contributed by atoms with van der Waals surface area (Å²) in [5, 5.41) is 10.3. The van der Waals surface area contributed by atoms with Gasteiger partial charge < -0.3 is 20.7 Å². The lowest BCUT2D eigenvalue weighted by molar-refractivity contribution is -0.144. The van der Waals surface area contributed by atoms with E-state index < -0.39 is 17.9 Å². The number of hydrogen-bond acceptors (Lipinski definition) is 6. The van der Waals surface area contributed by atoms with E-state index in [-0.39, 0.29) is 17.0 Å². The Morgan fingerprint density at radius 3 is 2.21 bits per heavy atom. The summed E-state index contributed by atoms with van der Waals surface area (Å²) in [6, 6.07) is 11.8. The number of rotatable bonds is 7. The van der Waals surface area contributed by atoms with Crippen LogP contribution < -0.4 is 16.0 Å². The summed E-state index contributed by atoms with van der Waals surface area (Å²) in [4.78, 5) is 41.2. The number of hydrogen-bond donors (Lipinski definition) is 3. The van der Waals surface area contributed by atoms with Crippen LogP contribution in [0.3, 0.4) is 0 Å². The highest BCUT2D eigenvalue weighted by molar-refractivity contribution is 7.12. The van der Waals surface area contributed by atoms with Gasteiger partial charge >= 0.3 is 12.0 Å². The minimum atomic E-state index is -0.745. The molecule has 0 bridgehead atoms. The summed E-state index contributed by atoms with van der Waals surface area (Å²) < 4.78 is 4.76. The van der Waals surface area contributed by atoms with Gasteiger partial charge in [-0.15, -0.1) is 11.3 Å². The lowest BCUT2D eigenvalue weighted by Crippen LogP contribution is -2.45. The number of nitrogens with zero attached hydrogens (tertiary/aromatic N) is 1. The van der Waals surface area contributed by atoms with Gasteiger partial charge in [0.05, 0.1) is 12.8 Å². The highest BCUT2D eigenvalue weighted by atomic mass is 32.1. The Hall–Kier alpha value is -3.72. The zero-order valence-corrected chi connectivity index (χ0v) is 20.6. The average molecular weight is 481 g/mol. The monoisotopic (exact) mass is 480 g/mol. The number of aryl methyl sites for hydroxylation is 2. The van der Waals surface area contributed by atoms with Gasteiger partial charge in [0.15, 0.2) is 5.01 Å². The fourth-order valence-electron chi connectivity index (χ4n) is 3.18. The number of carbonyl (C=O) groups is 3. The molecule has 0 aliphatic carbocycles. The van der Waals surface area contributed by atoms with E-state index in [0.29, 0.717) is 11.4 Å². The topological polar surface area (TPSA) is 109 Å². The number of urea groups is 1. The van der Waals surface area contributed by atoms with Crippen LogP contribution >= 0.6 is 11.3 Å². The Morgan fingerprint density at radius 1 is 0.941 bits per heavy atom. The molecule has 1 heterocycles. The maximum absolute atomic E-state index is 12.6. The first-order valence-corrected chi connectivity index (χ1v) is 11.7. The number of carbonyl (C=O) groups excluding carboxylic acids is 3. The molecule has 0 spiro atoms. The van der Waals surface area contributed by atoms with Crippen LogP contribution in [0.25, 0.3) is 11.3 Å². The number of methoxy groups -OCH3 is 1. The van der Waals surface area contributed by atoms with Crippen molar-refractivity contribution in [3.8, 4) is 11.3 Å². The van der Waals surface area contributed by atoms with Gasteiger partial charge in [-0.2, -0.15) is 0 Å². The summed E-state index contributed by atoms with van der Waals surface area (Å²) in [5.41, 5.74) is 5.02. The molecule has 1 aromatic heterocycles. The second-order valence-electron chi connectivity index (χ2n) is 8.21. The predicted molar refractivity (Wildman–Crippen MR) is 134 cm³/mol. The Bertz CT molecular complexity index is 1190. The molecule has 9 heteroatoms. The zero-order valence-electron chi connectivity index (χ0n) is 19.8. The van der Waals surface area contributed by atoms with Crippen molar-refractivity contribution in [2.75, 3.05) is 17.7 Å². The van der Waals surface area contributed by atoms with Crippen LogP contribution in [0.1, 0.15) is 34.8 Å². The van der Waals surface area contributed by atoms with Gasteiger partial charge in [0.25, 0.3) is 5.91 Å². The summed E-state index contributed by atoms with van der Waals surface area (Å²) in [6.45, 7) is 7.66. The number of amides is 3. The van der Waals surface area contributed by atoms with Crippen LogP contribution in [0.2, 0.25) is 0 Å². The first-order chi connectivity index (χ1) is 16.2. The largest absolute Gasteiger partial charge is 0.467 e. The smallest absolute Gasteiger partial charge is 0.328 e. The van der Waals surface area contributed by atoms with Crippen molar-refractivity contribution in [2.24, 2.45) is 5.92 Å². The molecule has 0 fully saturated rings. The van der Waals surface area contributed by atoms with E-state index in [0.717, 1.165) is 22.4 Å². The second kappa shape index (κ2) is 10.9. The molecule has 3 aromatic rings. The second-order valence-corrected chi connectivity index (χ2v) is 9.07. The van der Waals surface area contributed by atoms with E-state index >= 15 is 0 Å². The van der Waals surface area contributed by atoms with Gasteiger partial charge in [-0.3, -0.25) is 4.79 Å². The zero-order chi connectivity index (χ0) is 24.8. The fraction of sp³-hybridized carbons (Fsp3) is 0.280. The standard InChI is InChI=1S/C25H28N4O4S/c1-14(2)21(24(31)33-5)29-22(30)23-28-20(13-34-23)17-7-10-18(11-8-17)26-25(32)27-19-9-6-15(3)16(4)12-19/h6-14,21H,1-5H3,(H,29,30)(H2,26,27,32). The molecule has 178 valence electrons. The van der Waals surface area contributed by atoms with Crippen LogP contribution in [0, 0.1) is 19.8 Å². The molecule has 0 radical (unpaired) electrons. The van der Waals surface area contributed by atoms with E-state index in [2.05, 4.69) is 20.9 Å². The molecule has 1 atom stereocenters. The summed E-state index contributed by atoms with van der Waals surface area (Å²) in [5.74, 6) is -1.05. The molecule has 3 amide bonds. The van der Waals surface area contributed by atoms with Crippen molar-refractivity contribution in [1.82, 2.24) is 10.3 Å². The molecule has 0 aliphatic rings. The number of esters is 1. The molecule has 0 saturated heterocycles. The van der Waals surface area contributed by atoms with Crippen molar-refractivity contribution in [1.29, 1.82) is 0 Å². The van der Waals surface area contributed by atoms with Gasteiger partial charge in [-0.1, -0.05) is 32.0 Å². The molecular weight excluding hydrogens is 452 g/mol. The van der Waals surface area contributed by atoms with E-state index in [1.54, 1.807) is 17.5 Å². The van der Waals surface area contributed by atoms with Gasteiger partial charge in [0, 0.05) is 22.3 Å². The number of anilines is 2. The number of thiazole rings is 1. The van der Waals surface area contributed by atoms with Crippen LogP contribution in [0.4, 0.5) is 16.2 Å². The average Bonchev–Trinajstić information content (AvgIpc) is 3.30. The van der Waals surface area contributed by atoms with E-state index in [1.807, 2.05) is 58.0 Å². The fourth-order valence-corrected chi connectivity index (χ4v) is 3.90. The molecule has 34 heavy (non-hydrogen) atoms. The lowest BCUT2D eigenvalue weighted by atomic mass is 10.0. The lowest BCUT2D eigenvalue weighted by Gasteiger charge is -2.18. The first-order valence-electron chi connectivity index (χ1n) is 10.8. The minimum absolute atomic E-state index is 0.122. The molecular formula is C25H28N4O4S. The highest BCUT2D eigenvalue weighted by Crippen LogP contribution is 2.24. The van der Waals surface area contributed by atoms with Crippen molar-refractivity contribution in [3.63, 3.8) is 0 Å². The quantitative estimate of drug-likeness (QED) is 0.412. The Labute approximate surface area is 202 Å². The van der Waals surface area contributed by atoms with Crippen LogP contribution in [-0.4, -0.2) is 36.0 Å². The molecule has 2 aromatic carbocycles. The van der Waals surface area contributed by atoms with E-state index in [1.165, 1.54) is 18.4 Å². The number of nitrogens with one attached hydrogen (secondary N) is 3. The number of ether oxygens (including phenoxy) is 1. The molecule has 0 aliphatic heterocycles. The number of aromatic nitrogens is 1. The summed E-state index contributed by atoms with van der Waals surface area (Å²) in [6.07, 6.45) is 0. The molecule has 3 rings (SSSR count). The molecule has 8 nitrogen and oxygen atoms in total. The predicted octanol–water partition coefficient (Wildman–Crippen LogP) is 5.00. The van der Waals surface area contributed by atoms with Gasteiger partial charge in [0.2, 0.25) is 0 Å². The summed E-state index contributed by atoms with van der Waals surface area (Å²) >= 11 is 1.19. The van der Waals surface area contributed by atoms with Crippen molar-refractivity contribution >= 4 is 40.6 Å². The van der Waals surface area contributed by atoms with Crippen LogP contribution in [-0.2, 0) is 9.53 Å². The SMILES string of the molecule is COC(=O)C(NC(=O)c1nc(-c2ccc(NC(=O)Nc3ccc(C)c(C)c3)cc2)cs1)C(C)C.